The number of hydrogen-bond donors (Lipinski definition) is 1. The summed E-state index contributed by atoms with van der Waals surface area (Å²) in [6.45, 7) is 2.12. The quantitative estimate of drug-likeness (QED) is 0.330. The van der Waals surface area contributed by atoms with Crippen LogP contribution in [-0.4, -0.2) is 18.2 Å². The Morgan fingerprint density at radius 3 is 2.50 bits per heavy atom. The second kappa shape index (κ2) is 10.0. The minimum absolute atomic E-state index is 0.213. The molecule has 0 aliphatic rings. The van der Waals surface area contributed by atoms with E-state index in [9.17, 15) is 4.79 Å². The molecular formula is C18H16Cl4N2O2. The lowest BCUT2D eigenvalue weighted by Gasteiger charge is -2.08. The molecule has 0 fully saturated rings. The second-order valence-corrected chi connectivity index (χ2v) is 7.05. The van der Waals surface area contributed by atoms with Gasteiger partial charge in [-0.25, -0.2) is 5.43 Å². The van der Waals surface area contributed by atoms with Gasteiger partial charge in [0, 0.05) is 11.4 Å². The SMILES string of the molecule is CC(=NNC(=O)CCCOc1ccc(Cl)cc1Cl)c1ccc(Cl)c(Cl)c1. The van der Waals surface area contributed by atoms with Crippen LogP contribution in [0.1, 0.15) is 25.3 Å². The molecule has 0 aliphatic heterocycles. The number of ether oxygens (including phenoxy) is 1. The van der Waals surface area contributed by atoms with Gasteiger partial charge in [0.15, 0.2) is 0 Å². The van der Waals surface area contributed by atoms with Crippen molar-refractivity contribution in [3.63, 3.8) is 0 Å². The first-order valence-electron chi connectivity index (χ1n) is 7.73. The van der Waals surface area contributed by atoms with E-state index in [4.69, 9.17) is 51.1 Å². The lowest BCUT2D eigenvalue weighted by Crippen LogP contribution is -2.19. The molecule has 0 saturated heterocycles. The van der Waals surface area contributed by atoms with E-state index in [1.165, 1.54) is 0 Å². The fraction of sp³-hybridized carbons (Fsp3) is 0.222. The molecule has 0 radical (unpaired) electrons. The lowest BCUT2D eigenvalue weighted by atomic mass is 10.1. The van der Waals surface area contributed by atoms with Gasteiger partial charge in [-0.15, -0.1) is 0 Å². The number of hydrogen-bond acceptors (Lipinski definition) is 3. The molecule has 26 heavy (non-hydrogen) atoms. The van der Waals surface area contributed by atoms with E-state index >= 15 is 0 Å². The second-order valence-electron chi connectivity index (χ2n) is 5.39. The molecule has 0 bridgehead atoms. The minimum atomic E-state index is -0.213. The molecule has 0 spiro atoms. The van der Waals surface area contributed by atoms with Gasteiger partial charge >= 0.3 is 0 Å². The van der Waals surface area contributed by atoms with E-state index in [1.807, 2.05) is 0 Å². The number of benzene rings is 2. The van der Waals surface area contributed by atoms with Crippen molar-refractivity contribution in [3.8, 4) is 5.75 Å². The van der Waals surface area contributed by atoms with E-state index in [0.717, 1.165) is 5.56 Å². The summed E-state index contributed by atoms with van der Waals surface area (Å²) in [7, 11) is 0. The standard InChI is InChI=1S/C18H16Cl4N2O2/c1-11(12-4-6-14(20)15(21)9-12)23-24-18(25)3-2-8-26-17-7-5-13(19)10-16(17)22/h4-7,9-10H,2-3,8H2,1H3,(H,24,25). The molecule has 0 atom stereocenters. The fourth-order valence-electron chi connectivity index (χ4n) is 1.99. The highest BCUT2D eigenvalue weighted by atomic mass is 35.5. The van der Waals surface area contributed by atoms with Gasteiger partial charge in [-0.3, -0.25) is 4.79 Å². The van der Waals surface area contributed by atoms with Gasteiger partial charge in [0.1, 0.15) is 5.75 Å². The summed E-state index contributed by atoms with van der Waals surface area (Å²) in [6.07, 6.45) is 0.787. The molecule has 0 heterocycles. The van der Waals surface area contributed by atoms with Crippen molar-refractivity contribution >= 4 is 58.0 Å². The Balaban J connectivity index is 1.76. The van der Waals surface area contributed by atoms with Crippen LogP contribution in [0, 0.1) is 0 Å². The fourth-order valence-corrected chi connectivity index (χ4v) is 2.76. The monoisotopic (exact) mass is 432 g/mol. The van der Waals surface area contributed by atoms with Crippen LogP contribution < -0.4 is 10.2 Å². The van der Waals surface area contributed by atoms with Crippen molar-refractivity contribution in [3.05, 3.63) is 62.1 Å². The summed E-state index contributed by atoms with van der Waals surface area (Å²) in [5.74, 6) is 0.320. The number of halogens is 4. The molecule has 1 N–H and O–H groups in total. The Morgan fingerprint density at radius 2 is 1.81 bits per heavy atom. The number of nitrogens with one attached hydrogen (secondary N) is 1. The smallest absolute Gasteiger partial charge is 0.240 e. The minimum Gasteiger partial charge on any atom is -0.492 e. The van der Waals surface area contributed by atoms with Crippen molar-refractivity contribution in [2.75, 3.05) is 6.61 Å². The molecule has 2 aromatic rings. The molecule has 4 nitrogen and oxygen atoms in total. The average molecular weight is 434 g/mol. The summed E-state index contributed by atoms with van der Waals surface area (Å²) >= 11 is 23.7. The highest BCUT2D eigenvalue weighted by Gasteiger charge is 2.06. The molecule has 0 aromatic heterocycles. The van der Waals surface area contributed by atoms with E-state index in [1.54, 1.807) is 43.3 Å². The molecule has 2 rings (SSSR count). The Kier molecular flexibility index (Phi) is 8.04. The predicted octanol–water partition coefficient (Wildman–Crippen LogP) is 6.00. The first-order valence-corrected chi connectivity index (χ1v) is 9.24. The summed E-state index contributed by atoms with van der Waals surface area (Å²) < 4.78 is 5.53. The molecule has 8 heteroatoms. The largest absolute Gasteiger partial charge is 0.492 e. The summed E-state index contributed by atoms with van der Waals surface area (Å²) in [5, 5.41) is 5.94. The van der Waals surface area contributed by atoms with E-state index < -0.39 is 0 Å². The third-order valence-corrected chi connectivity index (χ3v) is 4.65. The van der Waals surface area contributed by atoms with E-state index in [0.29, 0.717) is 44.6 Å². The van der Waals surface area contributed by atoms with E-state index in [-0.39, 0.29) is 12.3 Å². The average Bonchev–Trinajstić information content (AvgIpc) is 2.60. The lowest BCUT2D eigenvalue weighted by molar-refractivity contribution is -0.121. The van der Waals surface area contributed by atoms with Crippen LogP contribution >= 0.6 is 46.4 Å². The van der Waals surface area contributed by atoms with E-state index in [2.05, 4.69) is 10.5 Å². The van der Waals surface area contributed by atoms with Crippen LogP contribution in [0.5, 0.6) is 5.75 Å². The number of carbonyl (C=O) groups excluding carboxylic acids is 1. The summed E-state index contributed by atoms with van der Waals surface area (Å²) in [6, 6.07) is 10.1. The van der Waals surface area contributed by atoms with Gasteiger partial charge < -0.3 is 4.74 Å². The van der Waals surface area contributed by atoms with Crippen molar-refractivity contribution < 1.29 is 9.53 Å². The molecular weight excluding hydrogens is 418 g/mol. The molecule has 0 saturated carbocycles. The van der Waals surface area contributed by atoms with Gasteiger partial charge in [-0.2, -0.15) is 5.10 Å². The van der Waals surface area contributed by atoms with Gasteiger partial charge in [0.2, 0.25) is 5.91 Å². The Labute approximate surface area is 172 Å². The Bertz CT molecular complexity index is 825. The maximum atomic E-state index is 11.9. The van der Waals surface area contributed by atoms with Crippen LogP contribution in [0.2, 0.25) is 20.1 Å². The number of carbonyl (C=O) groups is 1. The third-order valence-electron chi connectivity index (χ3n) is 3.39. The molecule has 138 valence electrons. The molecule has 0 unspecified atom stereocenters. The van der Waals surface area contributed by atoms with Crippen LogP contribution in [0.4, 0.5) is 0 Å². The third kappa shape index (κ3) is 6.36. The topological polar surface area (TPSA) is 50.7 Å². The van der Waals surface area contributed by atoms with Crippen LogP contribution in [0.3, 0.4) is 0 Å². The molecule has 2 aromatic carbocycles. The number of amides is 1. The first-order chi connectivity index (χ1) is 12.4. The maximum absolute atomic E-state index is 11.9. The zero-order chi connectivity index (χ0) is 19.1. The van der Waals surface area contributed by atoms with Gasteiger partial charge in [-0.05, 0) is 49.2 Å². The van der Waals surface area contributed by atoms with Gasteiger partial charge in [0.25, 0.3) is 0 Å². The number of nitrogens with zero attached hydrogens (tertiary/aromatic N) is 1. The summed E-state index contributed by atoms with van der Waals surface area (Å²) in [4.78, 5) is 11.9. The van der Waals surface area contributed by atoms with Crippen LogP contribution in [0.15, 0.2) is 41.5 Å². The van der Waals surface area contributed by atoms with Crippen molar-refractivity contribution in [1.29, 1.82) is 0 Å². The van der Waals surface area contributed by atoms with Crippen LogP contribution in [-0.2, 0) is 4.79 Å². The maximum Gasteiger partial charge on any atom is 0.240 e. The van der Waals surface area contributed by atoms with Crippen molar-refractivity contribution in [2.24, 2.45) is 5.10 Å². The van der Waals surface area contributed by atoms with Crippen molar-refractivity contribution in [1.82, 2.24) is 5.43 Å². The Hall–Kier alpha value is -1.46. The zero-order valence-corrected chi connectivity index (χ0v) is 16.9. The highest BCUT2D eigenvalue weighted by molar-refractivity contribution is 6.42. The van der Waals surface area contributed by atoms with Gasteiger partial charge in [-0.1, -0.05) is 52.5 Å². The normalized spacial score (nSPS) is 11.3. The number of rotatable bonds is 7. The first kappa shape index (κ1) is 20.8. The van der Waals surface area contributed by atoms with Crippen LogP contribution in [0.25, 0.3) is 0 Å². The number of hydrazone groups is 1. The van der Waals surface area contributed by atoms with Gasteiger partial charge in [0.05, 0.1) is 27.4 Å². The highest BCUT2D eigenvalue weighted by Crippen LogP contribution is 2.27. The zero-order valence-electron chi connectivity index (χ0n) is 13.9. The Morgan fingerprint density at radius 1 is 1.04 bits per heavy atom. The van der Waals surface area contributed by atoms with Crippen molar-refractivity contribution in [2.45, 2.75) is 19.8 Å². The summed E-state index contributed by atoms with van der Waals surface area (Å²) in [5.41, 5.74) is 3.91. The molecule has 0 aliphatic carbocycles. The molecule has 1 amide bonds. The predicted molar refractivity (Wildman–Crippen MR) is 108 cm³/mol.